The van der Waals surface area contributed by atoms with E-state index in [1.165, 1.54) is 22.2 Å². The Bertz CT molecular complexity index is 306. The summed E-state index contributed by atoms with van der Waals surface area (Å²) in [7, 11) is 0. The third-order valence-corrected chi connectivity index (χ3v) is 2.25. The van der Waals surface area contributed by atoms with E-state index >= 15 is 0 Å². The van der Waals surface area contributed by atoms with Crippen LogP contribution >= 0.6 is 11.3 Å². The molecule has 0 fully saturated rings. The second-order valence-corrected chi connectivity index (χ2v) is 3.46. The van der Waals surface area contributed by atoms with Crippen molar-refractivity contribution in [3.8, 4) is 0 Å². The minimum absolute atomic E-state index is 0.110. The summed E-state index contributed by atoms with van der Waals surface area (Å²) < 4.78 is 24.2. The molecule has 0 unspecified atom stereocenters. The van der Waals surface area contributed by atoms with E-state index < -0.39 is 18.9 Å². The van der Waals surface area contributed by atoms with Gasteiger partial charge in [0.1, 0.15) is 5.69 Å². The van der Waals surface area contributed by atoms with Gasteiger partial charge in [0.25, 0.3) is 12.3 Å². The number of carbonyl (C=O) groups is 1. The van der Waals surface area contributed by atoms with Gasteiger partial charge in [-0.25, -0.2) is 13.8 Å². The molecule has 84 valence electrons. The highest BCUT2D eigenvalue weighted by atomic mass is 32.1. The molecule has 0 aromatic carbocycles. The zero-order valence-electron chi connectivity index (χ0n) is 7.77. The molecule has 1 rings (SSSR count). The molecule has 7 heteroatoms. The summed E-state index contributed by atoms with van der Waals surface area (Å²) in [6.07, 6.45) is -2.61. The Morgan fingerprint density at radius 1 is 1.67 bits per heavy atom. The topological polar surface area (TPSA) is 53.4 Å². The number of carbonyl (C=O) groups excluding carboxylic acids is 1. The number of aliphatic hydroxyl groups is 1. The van der Waals surface area contributed by atoms with Crippen LogP contribution in [0.4, 0.5) is 8.78 Å². The molecule has 0 bridgehead atoms. The molecule has 1 amide bonds. The maximum atomic E-state index is 12.1. The van der Waals surface area contributed by atoms with Gasteiger partial charge < -0.3 is 10.0 Å². The first-order valence-corrected chi connectivity index (χ1v) is 5.16. The highest BCUT2D eigenvalue weighted by Gasteiger charge is 2.20. The normalized spacial score (nSPS) is 10.7. The number of halogens is 2. The first kappa shape index (κ1) is 12.0. The minimum Gasteiger partial charge on any atom is -0.395 e. The zero-order valence-corrected chi connectivity index (χ0v) is 8.58. The fourth-order valence-electron chi connectivity index (χ4n) is 1.04. The summed E-state index contributed by atoms with van der Waals surface area (Å²) in [6, 6.07) is 0. The van der Waals surface area contributed by atoms with Crippen LogP contribution in [0.5, 0.6) is 0 Å². The molecule has 1 N–H and O–H groups in total. The summed E-state index contributed by atoms with van der Waals surface area (Å²) in [5.41, 5.74) is 1.58. The van der Waals surface area contributed by atoms with Crippen LogP contribution in [-0.2, 0) is 0 Å². The number of hydrogen-bond acceptors (Lipinski definition) is 4. The fourth-order valence-corrected chi connectivity index (χ4v) is 1.57. The second-order valence-electron chi connectivity index (χ2n) is 2.74. The van der Waals surface area contributed by atoms with Crippen molar-refractivity contribution < 1.29 is 18.7 Å². The molecule has 0 aliphatic rings. The van der Waals surface area contributed by atoms with Crippen LogP contribution in [0, 0.1) is 0 Å². The summed E-state index contributed by atoms with van der Waals surface area (Å²) in [4.78, 5) is 16.2. The van der Waals surface area contributed by atoms with Gasteiger partial charge in [-0.3, -0.25) is 4.79 Å². The smallest absolute Gasteiger partial charge is 0.273 e. The van der Waals surface area contributed by atoms with Gasteiger partial charge in [-0.2, -0.15) is 0 Å². The van der Waals surface area contributed by atoms with Crippen molar-refractivity contribution in [2.75, 3.05) is 19.7 Å². The van der Waals surface area contributed by atoms with Gasteiger partial charge in [0, 0.05) is 11.9 Å². The Labute approximate surface area is 89.2 Å². The van der Waals surface area contributed by atoms with Gasteiger partial charge in [0.2, 0.25) is 0 Å². The van der Waals surface area contributed by atoms with E-state index in [1.807, 2.05) is 0 Å². The highest BCUT2D eigenvalue weighted by Crippen LogP contribution is 2.07. The van der Waals surface area contributed by atoms with Crippen molar-refractivity contribution in [1.82, 2.24) is 9.88 Å². The molecular formula is C8H10F2N2O2S. The highest BCUT2D eigenvalue weighted by molar-refractivity contribution is 7.07. The molecule has 0 atom stereocenters. The van der Waals surface area contributed by atoms with Gasteiger partial charge in [0.05, 0.1) is 18.7 Å². The van der Waals surface area contributed by atoms with E-state index in [-0.39, 0.29) is 18.8 Å². The Morgan fingerprint density at radius 3 is 2.87 bits per heavy atom. The molecule has 15 heavy (non-hydrogen) atoms. The van der Waals surface area contributed by atoms with Crippen molar-refractivity contribution in [3.63, 3.8) is 0 Å². The summed E-state index contributed by atoms with van der Waals surface area (Å²) in [5.74, 6) is -0.578. The Kier molecular flexibility index (Phi) is 4.57. The van der Waals surface area contributed by atoms with Gasteiger partial charge in [0.15, 0.2) is 0 Å². The number of nitrogens with zero attached hydrogens (tertiary/aromatic N) is 2. The van der Waals surface area contributed by atoms with Crippen LogP contribution in [0.2, 0.25) is 0 Å². The zero-order chi connectivity index (χ0) is 11.3. The average molecular weight is 236 g/mol. The quantitative estimate of drug-likeness (QED) is 0.824. The largest absolute Gasteiger partial charge is 0.395 e. The molecule has 4 nitrogen and oxygen atoms in total. The van der Waals surface area contributed by atoms with Gasteiger partial charge in [-0.05, 0) is 0 Å². The number of amides is 1. The van der Waals surface area contributed by atoms with E-state index in [0.717, 1.165) is 4.90 Å². The fraction of sp³-hybridized carbons (Fsp3) is 0.500. The van der Waals surface area contributed by atoms with Crippen LogP contribution in [0.1, 0.15) is 10.5 Å². The van der Waals surface area contributed by atoms with Crippen LogP contribution in [0.3, 0.4) is 0 Å². The van der Waals surface area contributed by atoms with Crippen molar-refractivity contribution in [1.29, 1.82) is 0 Å². The number of aliphatic hydroxyl groups excluding tert-OH is 1. The van der Waals surface area contributed by atoms with Crippen molar-refractivity contribution >= 4 is 17.2 Å². The average Bonchev–Trinajstić information content (AvgIpc) is 2.68. The molecule has 0 saturated carbocycles. The predicted octanol–water partition coefficient (Wildman–Crippen LogP) is 0.843. The SMILES string of the molecule is O=C(c1cscn1)N(CCO)CC(F)F. The number of rotatable bonds is 5. The molecule has 0 saturated heterocycles. The van der Waals surface area contributed by atoms with E-state index in [9.17, 15) is 13.6 Å². The van der Waals surface area contributed by atoms with Crippen LogP contribution in [-0.4, -0.2) is 47.0 Å². The Balaban J connectivity index is 2.67. The summed E-state index contributed by atoms with van der Waals surface area (Å²) in [5, 5.41) is 10.1. The monoisotopic (exact) mass is 236 g/mol. The van der Waals surface area contributed by atoms with Crippen molar-refractivity contribution in [3.05, 3.63) is 16.6 Å². The molecule has 0 spiro atoms. The molecule has 0 aliphatic carbocycles. The second kappa shape index (κ2) is 5.72. The molecule has 0 radical (unpaired) electrons. The van der Waals surface area contributed by atoms with E-state index in [2.05, 4.69) is 4.98 Å². The lowest BCUT2D eigenvalue weighted by atomic mass is 10.4. The third kappa shape index (κ3) is 3.52. The van der Waals surface area contributed by atoms with Gasteiger partial charge >= 0.3 is 0 Å². The first-order valence-electron chi connectivity index (χ1n) is 4.21. The van der Waals surface area contributed by atoms with Crippen LogP contribution in [0.15, 0.2) is 10.9 Å². The molecule has 1 aromatic rings. The summed E-state index contributed by atoms with van der Waals surface area (Å²) >= 11 is 1.21. The van der Waals surface area contributed by atoms with Gasteiger partial charge in [-0.1, -0.05) is 0 Å². The maximum absolute atomic E-state index is 12.1. The van der Waals surface area contributed by atoms with Gasteiger partial charge in [-0.15, -0.1) is 11.3 Å². The van der Waals surface area contributed by atoms with Crippen molar-refractivity contribution in [2.45, 2.75) is 6.43 Å². The van der Waals surface area contributed by atoms with E-state index in [1.54, 1.807) is 0 Å². The van der Waals surface area contributed by atoms with E-state index in [0.29, 0.717) is 0 Å². The number of aromatic nitrogens is 1. The Hall–Kier alpha value is -1.08. The predicted molar refractivity (Wildman–Crippen MR) is 51.1 cm³/mol. The number of alkyl halides is 2. The molecule has 0 aliphatic heterocycles. The number of hydrogen-bond donors (Lipinski definition) is 1. The Morgan fingerprint density at radius 2 is 2.40 bits per heavy atom. The molecular weight excluding hydrogens is 226 g/mol. The maximum Gasteiger partial charge on any atom is 0.273 e. The van der Waals surface area contributed by atoms with Crippen molar-refractivity contribution in [2.24, 2.45) is 0 Å². The molecule has 1 aromatic heterocycles. The lowest BCUT2D eigenvalue weighted by Crippen LogP contribution is -2.37. The minimum atomic E-state index is -2.61. The third-order valence-electron chi connectivity index (χ3n) is 1.67. The lowest BCUT2D eigenvalue weighted by molar-refractivity contribution is 0.0505. The molecule has 1 heterocycles. The summed E-state index contributed by atoms with van der Waals surface area (Å²) in [6.45, 7) is -1.14. The standard InChI is InChI=1S/C8H10F2N2O2S/c9-7(10)3-12(1-2-13)8(14)6-4-15-5-11-6/h4-5,7,13H,1-3H2. The van der Waals surface area contributed by atoms with Crippen LogP contribution in [0.25, 0.3) is 0 Å². The number of thiazole rings is 1. The first-order chi connectivity index (χ1) is 7.15. The van der Waals surface area contributed by atoms with E-state index in [4.69, 9.17) is 5.11 Å². The van der Waals surface area contributed by atoms with Crippen LogP contribution < -0.4 is 0 Å². The lowest BCUT2D eigenvalue weighted by Gasteiger charge is -2.19.